The number of hydrogen-bond acceptors (Lipinski definition) is 7. The van der Waals surface area contributed by atoms with Crippen molar-refractivity contribution in [3.05, 3.63) is 78.3 Å². The second kappa shape index (κ2) is 11.2. The topological polar surface area (TPSA) is 135 Å². The molecule has 0 atom stereocenters. The van der Waals surface area contributed by atoms with E-state index in [4.69, 9.17) is 9.90 Å². The van der Waals surface area contributed by atoms with Crippen molar-refractivity contribution in [2.45, 2.75) is 13.5 Å². The average Bonchev–Trinajstić information content (AvgIpc) is 3.21. The lowest BCUT2D eigenvalue weighted by molar-refractivity contribution is -0.122. The highest BCUT2D eigenvalue weighted by molar-refractivity contribution is 5.96. The molecule has 32 heavy (non-hydrogen) atoms. The Labute approximate surface area is 184 Å². The fraction of sp³-hybridized carbons (Fsp3) is 0.182. The zero-order chi connectivity index (χ0) is 22.8. The summed E-state index contributed by atoms with van der Waals surface area (Å²) in [6.07, 6.45) is 8.59. The third-order valence-electron chi connectivity index (χ3n) is 4.52. The van der Waals surface area contributed by atoms with Crippen molar-refractivity contribution in [3.8, 4) is 0 Å². The largest absolute Gasteiger partial charge is 0.483 e. The van der Waals surface area contributed by atoms with Gasteiger partial charge in [-0.15, -0.1) is 0 Å². The lowest BCUT2D eigenvalue weighted by Gasteiger charge is -2.10. The molecular weight excluding hydrogens is 410 g/mol. The highest BCUT2D eigenvalue weighted by atomic mass is 16.3. The molecule has 10 heteroatoms. The molecule has 4 rings (SSSR count). The lowest BCUT2D eigenvalue weighted by atomic mass is 10.2. The Morgan fingerprint density at radius 1 is 1.12 bits per heavy atom. The lowest BCUT2D eigenvalue weighted by Crippen LogP contribution is -2.29. The van der Waals surface area contributed by atoms with E-state index in [0.717, 1.165) is 22.6 Å². The van der Waals surface area contributed by atoms with Gasteiger partial charge in [0, 0.05) is 43.6 Å². The monoisotopic (exact) mass is 433 g/mol. The summed E-state index contributed by atoms with van der Waals surface area (Å²) in [5.41, 5.74) is 4.89. The zero-order valence-corrected chi connectivity index (χ0v) is 17.5. The maximum Gasteiger partial charge on any atom is 0.290 e. The SMILES string of the molecule is Cc1cnccc1NCCNC(=O)c1cnc2c(c1)ncn2Cc1ccccn1.O=CO. The normalized spacial score (nSPS) is 10.2. The number of carbonyl (C=O) groups excluding carboxylic acids is 1. The van der Waals surface area contributed by atoms with Crippen molar-refractivity contribution in [2.75, 3.05) is 18.4 Å². The third-order valence-corrected chi connectivity index (χ3v) is 4.52. The van der Waals surface area contributed by atoms with E-state index in [1.165, 1.54) is 0 Å². The van der Waals surface area contributed by atoms with Crippen LogP contribution in [-0.4, -0.2) is 55.1 Å². The molecule has 4 aromatic rings. The number of aromatic nitrogens is 5. The molecular formula is C22H23N7O3. The van der Waals surface area contributed by atoms with Crippen LogP contribution in [0.4, 0.5) is 5.69 Å². The fourth-order valence-electron chi connectivity index (χ4n) is 3.00. The third kappa shape index (κ3) is 5.85. The Morgan fingerprint density at radius 3 is 2.72 bits per heavy atom. The smallest absolute Gasteiger partial charge is 0.290 e. The average molecular weight is 433 g/mol. The summed E-state index contributed by atoms with van der Waals surface area (Å²) in [7, 11) is 0. The van der Waals surface area contributed by atoms with Crippen LogP contribution in [0.25, 0.3) is 11.2 Å². The molecule has 0 aromatic carbocycles. The van der Waals surface area contributed by atoms with Crippen molar-refractivity contribution in [3.63, 3.8) is 0 Å². The summed E-state index contributed by atoms with van der Waals surface area (Å²) in [5.74, 6) is -0.174. The van der Waals surface area contributed by atoms with E-state index >= 15 is 0 Å². The number of carbonyl (C=O) groups is 2. The van der Waals surface area contributed by atoms with E-state index < -0.39 is 0 Å². The Hall–Kier alpha value is -4.34. The molecule has 4 aromatic heterocycles. The molecule has 0 aliphatic carbocycles. The molecule has 10 nitrogen and oxygen atoms in total. The molecule has 0 spiro atoms. The molecule has 0 aliphatic heterocycles. The van der Waals surface area contributed by atoms with Gasteiger partial charge in [-0.05, 0) is 36.8 Å². The standard InChI is InChI=1S/C21H21N7O.CH2O2/c1-15-11-22-7-5-18(15)24-8-9-25-21(29)16-10-19-20(26-12-16)28(14-27-19)13-17-4-2-3-6-23-17;2-1-3/h2-7,10-12,14H,8-9,13H2,1H3,(H,22,24)(H,25,29);1H,(H,2,3). The Bertz CT molecular complexity index is 1180. The van der Waals surface area contributed by atoms with Gasteiger partial charge < -0.3 is 20.3 Å². The van der Waals surface area contributed by atoms with Gasteiger partial charge in [0.25, 0.3) is 12.4 Å². The molecule has 1 amide bonds. The summed E-state index contributed by atoms with van der Waals surface area (Å²) < 4.78 is 1.92. The van der Waals surface area contributed by atoms with Gasteiger partial charge in [0.1, 0.15) is 5.52 Å². The summed E-state index contributed by atoms with van der Waals surface area (Å²) in [4.78, 5) is 38.0. The number of aryl methyl sites for hydroxylation is 1. The predicted molar refractivity (Wildman–Crippen MR) is 119 cm³/mol. The van der Waals surface area contributed by atoms with E-state index in [9.17, 15) is 4.79 Å². The predicted octanol–water partition coefficient (Wildman–Crippen LogP) is 2.12. The van der Waals surface area contributed by atoms with Crippen LogP contribution < -0.4 is 10.6 Å². The summed E-state index contributed by atoms with van der Waals surface area (Å²) >= 11 is 0. The van der Waals surface area contributed by atoms with Gasteiger partial charge in [-0.3, -0.25) is 19.6 Å². The van der Waals surface area contributed by atoms with Crippen molar-refractivity contribution >= 4 is 29.2 Å². The van der Waals surface area contributed by atoms with E-state index in [1.807, 2.05) is 35.8 Å². The maximum atomic E-state index is 12.4. The molecule has 0 aliphatic rings. The van der Waals surface area contributed by atoms with Gasteiger partial charge in [0.15, 0.2) is 5.65 Å². The number of pyridine rings is 3. The van der Waals surface area contributed by atoms with Crippen molar-refractivity contribution < 1.29 is 14.7 Å². The number of nitrogens with zero attached hydrogens (tertiary/aromatic N) is 5. The van der Waals surface area contributed by atoms with Crippen LogP contribution in [0.15, 0.2) is 61.4 Å². The molecule has 164 valence electrons. The van der Waals surface area contributed by atoms with Gasteiger partial charge in [-0.2, -0.15) is 0 Å². The van der Waals surface area contributed by atoms with Crippen molar-refractivity contribution in [1.82, 2.24) is 29.8 Å². The first-order valence-corrected chi connectivity index (χ1v) is 9.83. The summed E-state index contributed by atoms with van der Waals surface area (Å²) in [5, 5.41) is 13.1. The van der Waals surface area contributed by atoms with E-state index in [2.05, 4.69) is 30.6 Å². The molecule has 3 N–H and O–H groups in total. The maximum absolute atomic E-state index is 12.4. The molecule has 0 fully saturated rings. The minimum Gasteiger partial charge on any atom is -0.483 e. The fourth-order valence-corrected chi connectivity index (χ4v) is 3.00. The van der Waals surface area contributed by atoms with E-state index in [0.29, 0.717) is 30.7 Å². The van der Waals surface area contributed by atoms with Gasteiger partial charge in [0.2, 0.25) is 0 Å². The molecule has 0 saturated heterocycles. The van der Waals surface area contributed by atoms with Crippen molar-refractivity contribution in [1.29, 1.82) is 0 Å². The Morgan fingerprint density at radius 2 is 1.97 bits per heavy atom. The first-order valence-electron chi connectivity index (χ1n) is 9.83. The first kappa shape index (κ1) is 22.3. The summed E-state index contributed by atoms with van der Waals surface area (Å²) in [6.45, 7) is 3.43. The van der Waals surface area contributed by atoms with Gasteiger partial charge in [-0.1, -0.05) is 6.07 Å². The van der Waals surface area contributed by atoms with E-state index in [1.54, 1.807) is 37.2 Å². The van der Waals surface area contributed by atoms with Crippen LogP contribution in [0.1, 0.15) is 21.6 Å². The second-order valence-electron chi connectivity index (χ2n) is 6.74. The van der Waals surface area contributed by atoms with Crippen LogP contribution in [0.3, 0.4) is 0 Å². The molecule has 0 saturated carbocycles. The number of anilines is 1. The number of hydrogen-bond donors (Lipinski definition) is 3. The Balaban J connectivity index is 0.000000913. The number of carboxylic acid groups (broad SMARTS) is 1. The van der Waals surface area contributed by atoms with Crippen LogP contribution in [0.2, 0.25) is 0 Å². The Kier molecular flexibility index (Phi) is 7.79. The van der Waals surface area contributed by atoms with Crippen LogP contribution >= 0.6 is 0 Å². The highest BCUT2D eigenvalue weighted by Crippen LogP contribution is 2.14. The molecule has 0 bridgehead atoms. The number of nitrogens with one attached hydrogen (secondary N) is 2. The minimum atomic E-state index is -0.250. The number of rotatable bonds is 7. The minimum absolute atomic E-state index is 0.174. The van der Waals surface area contributed by atoms with E-state index in [-0.39, 0.29) is 12.4 Å². The van der Waals surface area contributed by atoms with Gasteiger partial charge >= 0.3 is 0 Å². The highest BCUT2D eigenvalue weighted by Gasteiger charge is 2.11. The molecule has 4 heterocycles. The van der Waals surface area contributed by atoms with Crippen LogP contribution in [-0.2, 0) is 11.3 Å². The summed E-state index contributed by atoms with van der Waals surface area (Å²) in [6, 6.07) is 9.45. The molecule has 0 unspecified atom stereocenters. The number of imidazole rings is 1. The second-order valence-corrected chi connectivity index (χ2v) is 6.74. The zero-order valence-electron chi connectivity index (χ0n) is 17.5. The van der Waals surface area contributed by atoms with Crippen molar-refractivity contribution in [2.24, 2.45) is 0 Å². The number of amides is 1. The van der Waals surface area contributed by atoms with Gasteiger partial charge in [-0.25, -0.2) is 9.97 Å². The van der Waals surface area contributed by atoms with Crippen LogP contribution in [0.5, 0.6) is 0 Å². The van der Waals surface area contributed by atoms with Crippen LogP contribution in [0, 0.1) is 6.92 Å². The first-order chi connectivity index (χ1) is 15.6. The number of fused-ring (bicyclic) bond motifs is 1. The quantitative estimate of drug-likeness (QED) is 0.298. The molecule has 0 radical (unpaired) electrons. The van der Waals surface area contributed by atoms with Gasteiger partial charge in [0.05, 0.1) is 24.1 Å².